The summed E-state index contributed by atoms with van der Waals surface area (Å²) in [5, 5.41) is 17.2. The van der Waals surface area contributed by atoms with Crippen LogP contribution in [0.2, 0.25) is 0 Å². The highest BCUT2D eigenvalue weighted by Crippen LogP contribution is 2.25. The Hall–Kier alpha value is -2.11. The number of hydrogen-bond donors (Lipinski definition) is 3. The highest BCUT2D eigenvalue weighted by Gasteiger charge is 2.16. The summed E-state index contributed by atoms with van der Waals surface area (Å²) < 4.78 is 12.5. The summed E-state index contributed by atoms with van der Waals surface area (Å²) in [5.41, 5.74) is 5.13. The minimum Gasteiger partial charge on any atom is -0.505 e. The number of carboxylic acid groups (broad SMARTS) is 1. The van der Waals surface area contributed by atoms with E-state index in [1.807, 2.05) is 6.92 Å². The van der Waals surface area contributed by atoms with Crippen LogP contribution in [-0.2, 0) is 4.79 Å². The number of benzene rings is 1. The van der Waals surface area contributed by atoms with E-state index in [4.69, 9.17) is 15.9 Å². The van der Waals surface area contributed by atoms with Gasteiger partial charge in [-0.15, -0.1) is 0 Å². The lowest BCUT2D eigenvalue weighted by molar-refractivity contribution is -0.138. The largest absolute Gasteiger partial charge is 0.505 e. The maximum absolute atomic E-state index is 12.5. The van der Waals surface area contributed by atoms with Gasteiger partial charge >= 0.3 is 5.97 Å². The van der Waals surface area contributed by atoms with Crippen LogP contribution in [0.25, 0.3) is 0 Å². The van der Waals surface area contributed by atoms with Gasteiger partial charge in [0.2, 0.25) is 5.91 Å². The van der Waals surface area contributed by atoms with Crippen molar-refractivity contribution >= 4 is 11.9 Å². The first-order valence-corrected chi connectivity index (χ1v) is 6.92. The first kappa shape index (κ1) is 19.9. The summed E-state index contributed by atoms with van der Waals surface area (Å²) in [4.78, 5) is 20.7. The molecule has 0 spiro atoms. The molecule has 0 heterocycles. The maximum atomic E-state index is 12.5. The lowest BCUT2D eigenvalue weighted by Gasteiger charge is -2.21. The van der Waals surface area contributed by atoms with Gasteiger partial charge in [0.1, 0.15) is 0 Å². The highest BCUT2D eigenvalue weighted by atomic mass is 19.1. The summed E-state index contributed by atoms with van der Waals surface area (Å²) >= 11 is 0. The van der Waals surface area contributed by atoms with Gasteiger partial charge in [-0.05, 0) is 36.0 Å². The first-order valence-electron chi connectivity index (χ1n) is 6.92. The van der Waals surface area contributed by atoms with E-state index < -0.39 is 23.4 Å². The zero-order valence-corrected chi connectivity index (χ0v) is 13.4. The Morgan fingerprint density at radius 2 is 1.86 bits per heavy atom. The lowest BCUT2D eigenvalue weighted by atomic mass is 9.84. The van der Waals surface area contributed by atoms with Crippen molar-refractivity contribution in [2.24, 2.45) is 17.1 Å². The smallest absolute Gasteiger partial charge is 0.303 e. The molecule has 22 heavy (non-hydrogen) atoms. The zero-order valence-electron chi connectivity index (χ0n) is 13.4. The van der Waals surface area contributed by atoms with Crippen molar-refractivity contribution < 1.29 is 24.2 Å². The quantitative estimate of drug-likeness (QED) is 0.794. The molecule has 0 saturated carbocycles. The monoisotopic (exact) mass is 313 g/mol. The van der Waals surface area contributed by atoms with Crippen LogP contribution in [0.5, 0.6) is 5.75 Å². The van der Waals surface area contributed by atoms with Crippen LogP contribution < -0.4 is 5.73 Å². The summed E-state index contributed by atoms with van der Waals surface area (Å²) in [6.45, 7) is 8.38. The number of phenols is 1. The highest BCUT2D eigenvalue weighted by molar-refractivity contribution is 5.92. The van der Waals surface area contributed by atoms with Crippen molar-refractivity contribution in [1.29, 1.82) is 0 Å². The van der Waals surface area contributed by atoms with Crippen LogP contribution in [0.1, 0.15) is 50.9 Å². The van der Waals surface area contributed by atoms with E-state index in [1.165, 1.54) is 6.07 Å². The molecule has 1 rings (SSSR count). The van der Waals surface area contributed by atoms with E-state index in [2.05, 4.69) is 20.8 Å². The second-order valence-electron chi connectivity index (χ2n) is 6.50. The maximum Gasteiger partial charge on any atom is 0.303 e. The van der Waals surface area contributed by atoms with Crippen molar-refractivity contribution in [1.82, 2.24) is 0 Å². The normalized spacial score (nSPS) is 12.0. The fraction of sp³-hybridized carbons (Fsp3) is 0.500. The van der Waals surface area contributed by atoms with Crippen molar-refractivity contribution in [2.75, 3.05) is 0 Å². The molecule has 0 aliphatic carbocycles. The third-order valence-electron chi connectivity index (χ3n) is 2.72. The number of nitrogens with two attached hydrogens (primary N) is 1. The van der Waals surface area contributed by atoms with Crippen LogP contribution >= 0.6 is 0 Å². The molecule has 4 N–H and O–H groups in total. The van der Waals surface area contributed by atoms with Crippen LogP contribution in [0, 0.1) is 17.2 Å². The van der Waals surface area contributed by atoms with E-state index in [9.17, 15) is 14.0 Å². The number of carbonyl (C=O) groups excluding carboxylic acids is 1. The van der Waals surface area contributed by atoms with Crippen molar-refractivity contribution in [2.45, 2.75) is 40.5 Å². The standard InChI is InChI=1S/C9H18O2.C7H6FNO2/c1-7(5-8(10)11)6-9(2,3)4;8-5-3-4(7(9)11)1-2-6(5)10/h7H,5-6H2,1-4H3,(H,10,11);1-3,10H,(H2,9,11). The Balaban J connectivity index is 0.000000401. The third kappa shape index (κ3) is 8.94. The number of carboxylic acids is 1. The van der Waals surface area contributed by atoms with Gasteiger partial charge in [0.05, 0.1) is 0 Å². The van der Waals surface area contributed by atoms with Crippen molar-refractivity contribution in [3.8, 4) is 5.75 Å². The molecule has 1 amide bonds. The van der Waals surface area contributed by atoms with E-state index in [0.29, 0.717) is 0 Å². The number of amides is 1. The first-order chi connectivity index (χ1) is 9.92. The number of carbonyl (C=O) groups is 2. The fourth-order valence-electron chi connectivity index (χ4n) is 2.08. The summed E-state index contributed by atoms with van der Waals surface area (Å²) in [7, 11) is 0. The molecule has 0 radical (unpaired) electrons. The molecule has 6 heteroatoms. The van der Waals surface area contributed by atoms with Gasteiger partial charge in [0.25, 0.3) is 0 Å². The van der Waals surface area contributed by atoms with Crippen LogP contribution in [0.3, 0.4) is 0 Å². The second kappa shape index (κ2) is 8.36. The molecule has 0 saturated heterocycles. The van der Waals surface area contributed by atoms with Gasteiger partial charge in [-0.1, -0.05) is 27.7 Å². The van der Waals surface area contributed by atoms with E-state index >= 15 is 0 Å². The van der Waals surface area contributed by atoms with E-state index in [0.717, 1.165) is 18.6 Å². The number of primary amides is 1. The van der Waals surface area contributed by atoms with Gasteiger partial charge in [-0.3, -0.25) is 9.59 Å². The third-order valence-corrected chi connectivity index (χ3v) is 2.72. The zero-order chi connectivity index (χ0) is 17.5. The SMILES string of the molecule is CC(CC(=O)O)CC(C)(C)C.NC(=O)c1ccc(O)c(F)c1. The van der Waals surface area contributed by atoms with E-state index in [1.54, 1.807) is 0 Å². The molecular formula is C16H24FNO4. The number of halogens is 1. The molecule has 5 nitrogen and oxygen atoms in total. The predicted molar refractivity (Wildman–Crippen MR) is 82.1 cm³/mol. The number of rotatable bonds is 4. The molecule has 1 unspecified atom stereocenters. The van der Waals surface area contributed by atoms with Crippen LogP contribution in [0.4, 0.5) is 4.39 Å². The predicted octanol–water partition coefficient (Wildman–Crippen LogP) is 3.16. The van der Waals surface area contributed by atoms with E-state index in [-0.39, 0.29) is 23.3 Å². The molecule has 1 aromatic carbocycles. The number of aromatic hydroxyl groups is 1. The fourth-order valence-corrected chi connectivity index (χ4v) is 2.08. The average molecular weight is 313 g/mol. The number of aliphatic carboxylic acids is 1. The Bertz CT molecular complexity index is 523. The molecular weight excluding hydrogens is 289 g/mol. The van der Waals surface area contributed by atoms with Crippen molar-refractivity contribution in [3.05, 3.63) is 29.6 Å². The molecule has 1 aromatic rings. The Morgan fingerprint density at radius 1 is 1.32 bits per heavy atom. The minimum atomic E-state index is -0.846. The van der Waals surface area contributed by atoms with Crippen LogP contribution in [-0.4, -0.2) is 22.1 Å². The summed E-state index contributed by atoms with van der Waals surface area (Å²) in [5.74, 6) is -2.46. The minimum absolute atomic E-state index is 0.0419. The van der Waals surface area contributed by atoms with Gasteiger partial charge in [-0.2, -0.15) is 0 Å². The lowest BCUT2D eigenvalue weighted by Crippen LogP contribution is -2.13. The van der Waals surface area contributed by atoms with Crippen molar-refractivity contribution in [3.63, 3.8) is 0 Å². The topological polar surface area (TPSA) is 101 Å². The van der Waals surface area contributed by atoms with Crippen LogP contribution in [0.15, 0.2) is 18.2 Å². The average Bonchev–Trinajstić information content (AvgIpc) is 2.29. The summed E-state index contributed by atoms with van der Waals surface area (Å²) in [6.07, 6.45) is 1.26. The Morgan fingerprint density at radius 3 is 2.23 bits per heavy atom. The second-order valence-corrected chi connectivity index (χ2v) is 6.50. The Labute approximate surface area is 130 Å². The van der Waals surface area contributed by atoms with Gasteiger partial charge in [0.15, 0.2) is 11.6 Å². The number of phenolic OH excluding ortho intramolecular Hbond substituents is 1. The molecule has 0 aliphatic rings. The molecule has 1 atom stereocenters. The molecule has 0 aliphatic heterocycles. The van der Waals surface area contributed by atoms with Gasteiger partial charge < -0.3 is 15.9 Å². The molecule has 0 bridgehead atoms. The Kier molecular flexibility index (Phi) is 7.56. The molecule has 0 aromatic heterocycles. The van der Waals surface area contributed by atoms with Gasteiger partial charge in [0, 0.05) is 12.0 Å². The van der Waals surface area contributed by atoms with Gasteiger partial charge in [-0.25, -0.2) is 4.39 Å². The summed E-state index contributed by atoms with van der Waals surface area (Å²) in [6, 6.07) is 3.22. The number of hydrogen-bond acceptors (Lipinski definition) is 3. The molecule has 0 fully saturated rings. The molecule has 124 valence electrons.